The third kappa shape index (κ3) is 4.30. The van der Waals surface area contributed by atoms with Crippen molar-refractivity contribution in [3.8, 4) is 5.75 Å². The van der Waals surface area contributed by atoms with Crippen molar-refractivity contribution in [1.29, 1.82) is 0 Å². The highest BCUT2D eigenvalue weighted by atomic mass is 32.2. The van der Waals surface area contributed by atoms with Gasteiger partial charge in [-0.15, -0.1) is 11.8 Å². The molecule has 1 aromatic rings. The summed E-state index contributed by atoms with van der Waals surface area (Å²) in [6, 6.07) is 8.19. The third-order valence-electron chi connectivity index (χ3n) is 2.50. The lowest BCUT2D eigenvalue weighted by Gasteiger charge is -2.14. The first-order chi connectivity index (χ1) is 7.81. The third-order valence-corrected chi connectivity index (χ3v) is 4.30. The van der Waals surface area contributed by atoms with E-state index in [2.05, 4.69) is 31.7 Å². The Morgan fingerprint density at radius 2 is 2.12 bits per heavy atom. The average Bonchev–Trinajstić information content (AvgIpc) is 2.34. The highest BCUT2D eigenvalue weighted by Crippen LogP contribution is 2.31. The van der Waals surface area contributed by atoms with Crippen LogP contribution in [0.5, 0.6) is 5.75 Å². The molecule has 0 radical (unpaired) electrons. The molecule has 0 heterocycles. The average molecular weight is 256 g/mol. The van der Waals surface area contributed by atoms with E-state index in [-0.39, 0.29) is 0 Å². The molecule has 0 aliphatic heterocycles. The number of ether oxygens (including phenoxy) is 1. The number of thioether (sulfide) groups is 1. The summed E-state index contributed by atoms with van der Waals surface area (Å²) in [6.45, 7) is 2.23. The maximum Gasteiger partial charge on any atom is 0.132 e. The van der Waals surface area contributed by atoms with E-state index < -0.39 is 0 Å². The number of thiol groups is 1. The van der Waals surface area contributed by atoms with Crippen molar-refractivity contribution >= 4 is 24.4 Å². The maximum atomic E-state index is 5.33. The largest absolute Gasteiger partial charge is 0.496 e. The van der Waals surface area contributed by atoms with E-state index in [1.807, 2.05) is 23.9 Å². The first kappa shape index (κ1) is 13.8. The topological polar surface area (TPSA) is 9.23 Å². The van der Waals surface area contributed by atoms with Crippen molar-refractivity contribution in [2.24, 2.45) is 5.92 Å². The quantitative estimate of drug-likeness (QED) is 0.580. The van der Waals surface area contributed by atoms with E-state index in [0.29, 0.717) is 5.92 Å². The van der Waals surface area contributed by atoms with Gasteiger partial charge >= 0.3 is 0 Å². The van der Waals surface area contributed by atoms with Crippen molar-refractivity contribution in [3.05, 3.63) is 24.3 Å². The van der Waals surface area contributed by atoms with Crippen LogP contribution in [0.2, 0.25) is 0 Å². The molecular formula is C13H20OS2. The van der Waals surface area contributed by atoms with Gasteiger partial charge in [-0.1, -0.05) is 25.5 Å². The Balaban J connectivity index is 2.52. The van der Waals surface area contributed by atoms with Crippen LogP contribution in [-0.2, 0) is 0 Å². The molecule has 0 N–H and O–H groups in total. The minimum absolute atomic E-state index is 0.697. The van der Waals surface area contributed by atoms with Gasteiger partial charge in [0.2, 0.25) is 0 Å². The van der Waals surface area contributed by atoms with Gasteiger partial charge in [0, 0.05) is 10.6 Å². The highest BCUT2D eigenvalue weighted by molar-refractivity contribution is 7.99. The van der Waals surface area contributed by atoms with E-state index in [1.54, 1.807) is 7.11 Å². The van der Waals surface area contributed by atoms with Crippen LogP contribution in [0.1, 0.15) is 19.8 Å². The molecule has 0 aromatic heterocycles. The molecule has 0 fully saturated rings. The molecule has 1 atom stereocenters. The monoisotopic (exact) mass is 256 g/mol. The summed E-state index contributed by atoms with van der Waals surface area (Å²) in [5, 5.41) is 0. The minimum atomic E-state index is 0.697. The summed E-state index contributed by atoms with van der Waals surface area (Å²) in [7, 11) is 1.72. The van der Waals surface area contributed by atoms with E-state index in [9.17, 15) is 0 Å². The second-order valence-electron chi connectivity index (χ2n) is 3.80. The van der Waals surface area contributed by atoms with Gasteiger partial charge in [-0.3, -0.25) is 0 Å². The Morgan fingerprint density at radius 3 is 2.75 bits per heavy atom. The summed E-state index contributed by atoms with van der Waals surface area (Å²) in [5.74, 6) is 3.76. The lowest BCUT2D eigenvalue weighted by atomic mass is 10.1. The summed E-state index contributed by atoms with van der Waals surface area (Å²) < 4.78 is 5.33. The molecule has 0 saturated heterocycles. The fourth-order valence-corrected chi connectivity index (χ4v) is 3.24. The van der Waals surface area contributed by atoms with Gasteiger partial charge in [0.05, 0.1) is 7.11 Å². The van der Waals surface area contributed by atoms with Crippen molar-refractivity contribution < 1.29 is 4.74 Å². The zero-order valence-electron chi connectivity index (χ0n) is 9.98. The molecule has 1 nitrogen and oxygen atoms in total. The first-order valence-electron chi connectivity index (χ1n) is 5.68. The molecule has 16 heavy (non-hydrogen) atoms. The van der Waals surface area contributed by atoms with Crippen LogP contribution >= 0.6 is 24.4 Å². The number of rotatable bonds is 7. The molecule has 90 valence electrons. The standard InChI is InChI=1S/C13H20OS2/c1-3-6-11(9-15)10-16-13-8-5-4-7-12(13)14-2/h4-5,7-8,11,15H,3,6,9-10H2,1-2H3. The van der Waals surface area contributed by atoms with Crippen LogP contribution in [0.3, 0.4) is 0 Å². The fraction of sp³-hybridized carbons (Fsp3) is 0.538. The van der Waals surface area contributed by atoms with Crippen molar-refractivity contribution in [2.75, 3.05) is 18.6 Å². The molecular weight excluding hydrogens is 236 g/mol. The Bertz CT molecular complexity index is 302. The van der Waals surface area contributed by atoms with Crippen molar-refractivity contribution in [1.82, 2.24) is 0 Å². The number of benzene rings is 1. The molecule has 1 aromatic carbocycles. The lowest BCUT2D eigenvalue weighted by Crippen LogP contribution is -2.05. The van der Waals surface area contributed by atoms with Crippen molar-refractivity contribution in [2.45, 2.75) is 24.7 Å². The van der Waals surface area contributed by atoms with Gasteiger partial charge in [-0.25, -0.2) is 0 Å². The van der Waals surface area contributed by atoms with E-state index in [4.69, 9.17) is 4.74 Å². The Morgan fingerprint density at radius 1 is 1.38 bits per heavy atom. The molecule has 0 bridgehead atoms. The molecule has 0 aliphatic carbocycles. The minimum Gasteiger partial charge on any atom is -0.496 e. The maximum absolute atomic E-state index is 5.33. The fourth-order valence-electron chi connectivity index (χ4n) is 1.58. The molecule has 3 heteroatoms. The number of hydrogen-bond donors (Lipinski definition) is 1. The summed E-state index contributed by atoms with van der Waals surface area (Å²) >= 11 is 6.27. The second-order valence-corrected chi connectivity index (χ2v) is 5.23. The van der Waals surface area contributed by atoms with Gasteiger partial charge < -0.3 is 4.74 Å². The summed E-state index contributed by atoms with van der Waals surface area (Å²) in [4.78, 5) is 1.23. The van der Waals surface area contributed by atoms with Gasteiger partial charge in [0.15, 0.2) is 0 Å². The van der Waals surface area contributed by atoms with E-state index in [1.165, 1.54) is 17.7 Å². The van der Waals surface area contributed by atoms with Gasteiger partial charge in [-0.2, -0.15) is 12.6 Å². The lowest BCUT2D eigenvalue weighted by molar-refractivity contribution is 0.404. The van der Waals surface area contributed by atoms with Gasteiger partial charge in [-0.05, 0) is 30.2 Å². The molecule has 0 amide bonds. The van der Waals surface area contributed by atoms with Crippen LogP contribution in [0.25, 0.3) is 0 Å². The van der Waals surface area contributed by atoms with Crippen molar-refractivity contribution in [3.63, 3.8) is 0 Å². The summed E-state index contributed by atoms with van der Waals surface area (Å²) in [6.07, 6.45) is 2.49. The van der Waals surface area contributed by atoms with Gasteiger partial charge in [0.25, 0.3) is 0 Å². The zero-order valence-corrected chi connectivity index (χ0v) is 11.7. The highest BCUT2D eigenvalue weighted by Gasteiger charge is 2.08. The first-order valence-corrected chi connectivity index (χ1v) is 7.30. The Hall–Kier alpha value is -0.280. The smallest absolute Gasteiger partial charge is 0.132 e. The second kappa shape index (κ2) is 7.91. The number of hydrogen-bond acceptors (Lipinski definition) is 3. The van der Waals surface area contributed by atoms with Crippen LogP contribution in [0, 0.1) is 5.92 Å². The Kier molecular flexibility index (Phi) is 6.81. The molecule has 0 saturated carbocycles. The Labute approximate surface area is 108 Å². The number of methoxy groups -OCH3 is 1. The molecule has 0 aliphatic rings. The van der Waals surface area contributed by atoms with Crippen LogP contribution < -0.4 is 4.74 Å². The predicted molar refractivity (Wildman–Crippen MR) is 76.0 cm³/mol. The predicted octanol–water partition coefficient (Wildman–Crippen LogP) is 4.13. The molecule has 1 unspecified atom stereocenters. The molecule has 0 spiro atoms. The molecule has 1 rings (SSSR count). The summed E-state index contributed by atoms with van der Waals surface area (Å²) in [5.41, 5.74) is 0. The van der Waals surface area contributed by atoms with Crippen LogP contribution in [-0.4, -0.2) is 18.6 Å². The zero-order chi connectivity index (χ0) is 11.8. The van der Waals surface area contributed by atoms with Gasteiger partial charge in [0.1, 0.15) is 5.75 Å². The SMILES string of the molecule is CCCC(CS)CSc1ccccc1OC. The number of para-hydroxylation sites is 1. The van der Waals surface area contributed by atoms with Crippen LogP contribution in [0.15, 0.2) is 29.2 Å². The normalized spacial score (nSPS) is 12.4. The van der Waals surface area contributed by atoms with E-state index >= 15 is 0 Å². The van der Waals surface area contributed by atoms with E-state index in [0.717, 1.165) is 17.3 Å². The van der Waals surface area contributed by atoms with Crippen LogP contribution in [0.4, 0.5) is 0 Å².